The van der Waals surface area contributed by atoms with E-state index in [1.807, 2.05) is 0 Å². The van der Waals surface area contributed by atoms with E-state index in [4.69, 9.17) is 14.0 Å². The molecule has 0 fully saturated rings. The average molecular weight is 371 g/mol. The van der Waals surface area contributed by atoms with Crippen molar-refractivity contribution in [3.63, 3.8) is 0 Å². The summed E-state index contributed by atoms with van der Waals surface area (Å²) in [5, 5.41) is 6.61. The van der Waals surface area contributed by atoms with Gasteiger partial charge in [-0.05, 0) is 42.5 Å². The number of carbonyl (C=O) groups is 1. The number of aryl methyl sites for hydroxylation is 1. The smallest absolute Gasteiger partial charge is 0.227 e. The minimum atomic E-state index is -0.360. The Balaban J connectivity index is 1.61. The quantitative estimate of drug-likeness (QED) is 0.684. The number of hydrogen-bond donors (Lipinski definition) is 1. The van der Waals surface area contributed by atoms with Gasteiger partial charge >= 0.3 is 0 Å². The normalized spacial score (nSPS) is 10.5. The number of halogens is 1. The molecule has 0 unspecified atom stereocenters. The molecule has 2 aromatic carbocycles. The van der Waals surface area contributed by atoms with E-state index >= 15 is 0 Å². The Morgan fingerprint density at radius 1 is 1.11 bits per heavy atom. The fraction of sp³-hybridized carbons (Fsp3) is 0.211. The number of carbonyl (C=O) groups excluding carboxylic acids is 1. The number of benzene rings is 2. The fourth-order valence-electron chi connectivity index (χ4n) is 2.43. The van der Waals surface area contributed by atoms with Crippen LogP contribution in [0.2, 0.25) is 0 Å². The zero-order valence-corrected chi connectivity index (χ0v) is 14.9. The van der Waals surface area contributed by atoms with Crippen molar-refractivity contribution in [3.8, 4) is 22.9 Å². The van der Waals surface area contributed by atoms with Crippen LogP contribution in [0.5, 0.6) is 11.5 Å². The predicted octanol–water partition coefficient (Wildman–Crippen LogP) is 3.46. The Morgan fingerprint density at radius 2 is 1.85 bits per heavy atom. The van der Waals surface area contributed by atoms with Crippen molar-refractivity contribution in [1.82, 2.24) is 10.1 Å². The van der Waals surface area contributed by atoms with Crippen molar-refractivity contribution in [3.05, 3.63) is 54.2 Å². The molecule has 0 atom stereocenters. The van der Waals surface area contributed by atoms with Crippen LogP contribution in [0.3, 0.4) is 0 Å². The van der Waals surface area contributed by atoms with Crippen LogP contribution in [0.4, 0.5) is 10.1 Å². The molecule has 0 aliphatic carbocycles. The van der Waals surface area contributed by atoms with Crippen molar-refractivity contribution in [2.45, 2.75) is 12.8 Å². The largest absolute Gasteiger partial charge is 0.493 e. The molecule has 0 bridgehead atoms. The first-order valence-corrected chi connectivity index (χ1v) is 8.19. The summed E-state index contributed by atoms with van der Waals surface area (Å²) in [5.41, 5.74) is 1.23. The van der Waals surface area contributed by atoms with E-state index in [9.17, 15) is 9.18 Å². The average Bonchev–Trinajstić information content (AvgIpc) is 3.16. The molecule has 0 aliphatic rings. The van der Waals surface area contributed by atoms with Crippen LogP contribution in [0, 0.1) is 5.82 Å². The van der Waals surface area contributed by atoms with Crippen LogP contribution >= 0.6 is 0 Å². The van der Waals surface area contributed by atoms with Crippen molar-refractivity contribution < 1.29 is 23.2 Å². The lowest BCUT2D eigenvalue weighted by molar-refractivity contribution is -0.116. The molecule has 1 heterocycles. The Hall–Kier alpha value is -3.42. The monoisotopic (exact) mass is 371 g/mol. The second-order valence-corrected chi connectivity index (χ2v) is 5.64. The van der Waals surface area contributed by atoms with Gasteiger partial charge in [0.1, 0.15) is 5.82 Å². The number of hydrogen-bond acceptors (Lipinski definition) is 6. The van der Waals surface area contributed by atoms with Gasteiger partial charge in [-0.3, -0.25) is 4.79 Å². The third kappa shape index (κ3) is 4.60. The molecule has 140 valence electrons. The Kier molecular flexibility index (Phi) is 5.65. The topological polar surface area (TPSA) is 86.5 Å². The fourth-order valence-corrected chi connectivity index (χ4v) is 2.43. The standard InChI is InChI=1S/C19H18FN3O4/c1-25-15-8-3-12(11-16(15)26-2)19-22-18(27-23-19)10-9-17(24)21-14-6-4-13(20)5-7-14/h3-8,11H,9-10H2,1-2H3,(H,21,24). The van der Waals surface area contributed by atoms with Crippen LogP contribution in [0.15, 0.2) is 47.0 Å². The summed E-state index contributed by atoms with van der Waals surface area (Å²) < 4.78 is 28.5. The van der Waals surface area contributed by atoms with E-state index in [-0.39, 0.29) is 24.6 Å². The first kappa shape index (κ1) is 18.4. The highest BCUT2D eigenvalue weighted by atomic mass is 19.1. The van der Waals surface area contributed by atoms with Crippen molar-refractivity contribution in [1.29, 1.82) is 0 Å². The predicted molar refractivity (Wildman–Crippen MR) is 96.2 cm³/mol. The van der Waals surface area contributed by atoms with Gasteiger partial charge in [0.25, 0.3) is 0 Å². The molecular weight excluding hydrogens is 353 g/mol. The molecule has 0 saturated heterocycles. The van der Waals surface area contributed by atoms with Crippen LogP contribution in [0.1, 0.15) is 12.3 Å². The summed E-state index contributed by atoms with van der Waals surface area (Å²) >= 11 is 0. The number of ether oxygens (including phenoxy) is 2. The van der Waals surface area contributed by atoms with Gasteiger partial charge in [-0.25, -0.2) is 4.39 Å². The van der Waals surface area contributed by atoms with E-state index in [0.29, 0.717) is 34.5 Å². The number of methoxy groups -OCH3 is 2. The van der Waals surface area contributed by atoms with E-state index in [0.717, 1.165) is 0 Å². The molecule has 7 nitrogen and oxygen atoms in total. The van der Waals surface area contributed by atoms with Crippen LogP contribution in [-0.2, 0) is 11.2 Å². The van der Waals surface area contributed by atoms with Crippen LogP contribution in [0.25, 0.3) is 11.4 Å². The van der Waals surface area contributed by atoms with Crippen LogP contribution in [-0.4, -0.2) is 30.3 Å². The molecule has 3 rings (SSSR count). The summed E-state index contributed by atoms with van der Waals surface area (Å²) in [6.07, 6.45) is 0.443. The highest BCUT2D eigenvalue weighted by Crippen LogP contribution is 2.31. The molecule has 8 heteroatoms. The zero-order valence-electron chi connectivity index (χ0n) is 14.9. The number of nitrogens with one attached hydrogen (secondary N) is 1. The molecule has 1 amide bonds. The van der Waals surface area contributed by atoms with E-state index < -0.39 is 0 Å². The molecule has 3 aromatic rings. The Morgan fingerprint density at radius 3 is 2.56 bits per heavy atom. The second kappa shape index (κ2) is 8.31. The second-order valence-electron chi connectivity index (χ2n) is 5.64. The highest BCUT2D eigenvalue weighted by molar-refractivity contribution is 5.90. The van der Waals surface area contributed by atoms with Gasteiger partial charge in [0.15, 0.2) is 11.5 Å². The van der Waals surface area contributed by atoms with Gasteiger partial charge in [0.2, 0.25) is 17.6 Å². The maximum Gasteiger partial charge on any atom is 0.227 e. The number of nitrogens with zero attached hydrogens (tertiary/aromatic N) is 2. The van der Waals surface area contributed by atoms with E-state index in [2.05, 4.69) is 15.5 Å². The lowest BCUT2D eigenvalue weighted by atomic mass is 10.2. The number of aromatic nitrogens is 2. The number of anilines is 1. The molecule has 0 saturated carbocycles. The van der Waals surface area contributed by atoms with Crippen molar-refractivity contribution >= 4 is 11.6 Å². The Bertz CT molecular complexity index is 925. The van der Waals surface area contributed by atoms with Gasteiger partial charge in [-0.15, -0.1) is 0 Å². The summed E-state index contributed by atoms with van der Waals surface area (Å²) in [7, 11) is 3.10. The van der Waals surface area contributed by atoms with E-state index in [1.54, 1.807) is 32.4 Å². The number of amides is 1. The SMILES string of the molecule is COc1ccc(-c2noc(CCC(=O)Nc3ccc(F)cc3)n2)cc1OC. The molecule has 27 heavy (non-hydrogen) atoms. The van der Waals surface area contributed by atoms with Gasteiger partial charge in [-0.2, -0.15) is 4.98 Å². The van der Waals surface area contributed by atoms with Gasteiger partial charge in [0, 0.05) is 24.1 Å². The Labute approximate surface area is 155 Å². The minimum Gasteiger partial charge on any atom is -0.493 e. The van der Waals surface area contributed by atoms with Crippen LogP contribution < -0.4 is 14.8 Å². The first-order valence-electron chi connectivity index (χ1n) is 8.19. The lowest BCUT2D eigenvalue weighted by Crippen LogP contribution is -2.12. The molecule has 0 spiro atoms. The first-order chi connectivity index (χ1) is 13.1. The summed E-state index contributed by atoms with van der Waals surface area (Å²) in [5.74, 6) is 1.30. The third-order valence-electron chi connectivity index (χ3n) is 3.80. The van der Waals surface area contributed by atoms with Gasteiger partial charge < -0.3 is 19.3 Å². The molecule has 0 radical (unpaired) electrons. The van der Waals surface area contributed by atoms with E-state index in [1.165, 1.54) is 24.3 Å². The molecule has 1 aromatic heterocycles. The summed E-state index contributed by atoms with van der Waals surface area (Å²) in [6, 6.07) is 10.8. The molecular formula is C19H18FN3O4. The third-order valence-corrected chi connectivity index (χ3v) is 3.80. The summed E-state index contributed by atoms with van der Waals surface area (Å²) in [6.45, 7) is 0. The zero-order chi connectivity index (χ0) is 19.2. The number of rotatable bonds is 7. The highest BCUT2D eigenvalue weighted by Gasteiger charge is 2.13. The maximum atomic E-state index is 12.9. The molecule has 1 N–H and O–H groups in total. The van der Waals surface area contributed by atoms with Gasteiger partial charge in [-0.1, -0.05) is 5.16 Å². The van der Waals surface area contributed by atoms with Crippen molar-refractivity contribution in [2.75, 3.05) is 19.5 Å². The lowest BCUT2D eigenvalue weighted by Gasteiger charge is -2.07. The maximum absolute atomic E-state index is 12.9. The van der Waals surface area contributed by atoms with Gasteiger partial charge in [0.05, 0.1) is 14.2 Å². The molecule has 0 aliphatic heterocycles. The minimum absolute atomic E-state index is 0.158. The van der Waals surface area contributed by atoms with Crippen molar-refractivity contribution in [2.24, 2.45) is 0 Å². The summed E-state index contributed by atoms with van der Waals surface area (Å²) in [4.78, 5) is 16.3.